The molecule has 2 rings (SSSR count). The van der Waals surface area contributed by atoms with E-state index < -0.39 is 0 Å². The van der Waals surface area contributed by atoms with Crippen molar-refractivity contribution in [2.45, 2.75) is 52.1 Å². The van der Waals surface area contributed by atoms with Gasteiger partial charge in [-0.2, -0.15) is 0 Å². The Hall–Kier alpha value is -1.51. The van der Waals surface area contributed by atoms with Crippen LogP contribution in [0.3, 0.4) is 0 Å². The van der Waals surface area contributed by atoms with Gasteiger partial charge < -0.3 is 10.2 Å². The van der Waals surface area contributed by atoms with E-state index in [4.69, 9.17) is 0 Å². The monoisotopic (exact) mass is 260 g/mol. The number of urea groups is 1. The Kier molecular flexibility index (Phi) is 4.83. The molecule has 3 nitrogen and oxygen atoms in total. The molecule has 1 unspecified atom stereocenters. The molecule has 104 valence electrons. The Morgan fingerprint density at radius 2 is 2.26 bits per heavy atom. The molecule has 0 bridgehead atoms. The molecule has 1 atom stereocenters. The summed E-state index contributed by atoms with van der Waals surface area (Å²) in [5.41, 5.74) is 2.40. The van der Waals surface area contributed by atoms with Crippen LogP contribution < -0.4 is 5.32 Å². The highest BCUT2D eigenvalue weighted by Gasteiger charge is 2.24. The van der Waals surface area contributed by atoms with E-state index >= 15 is 0 Å². The number of amides is 2. The molecule has 19 heavy (non-hydrogen) atoms. The van der Waals surface area contributed by atoms with Gasteiger partial charge in [-0.1, -0.05) is 36.8 Å². The Bertz CT molecular complexity index is 431. The number of benzene rings is 1. The van der Waals surface area contributed by atoms with Crippen LogP contribution in [0.2, 0.25) is 0 Å². The van der Waals surface area contributed by atoms with Crippen molar-refractivity contribution in [3.8, 4) is 0 Å². The van der Waals surface area contributed by atoms with Gasteiger partial charge in [0.1, 0.15) is 0 Å². The van der Waals surface area contributed by atoms with Gasteiger partial charge in [0.2, 0.25) is 0 Å². The summed E-state index contributed by atoms with van der Waals surface area (Å²) < 4.78 is 0. The summed E-state index contributed by atoms with van der Waals surface area (Å²) in [4.78, 5) is 14.3. The van der Waals surface area contributed by atoms with E-state index in [1.54, 1.807) is 0 Å². The van der Waals surface area contributed by atoms with Crippen molar-refractivity contribution in [3.63, 3.8) is 0 Å². The number of piperidine rings is 1. The predicted molar refractivity (Wildman–Crippen MR) is 78.1 cm³/mol. The first-order valence-corrected chi connectivity index (χ1v) is 7.30. The second-order valence-electron chi connectivity index (χ2n) is 5.40. The highest BCUT2D eigenvalue weighted by Crippen LogP contribution is 2.19. The van der Waals surface area contributed by atoms with Crippen molar-refractivity contribution in [1.82, 2.24) is 10.2 Å². The largest absolute Gasteiger partial charge is 0.334 e. The van der Waals surface area contributed by atoms with Crippen molar-refractivity contribution in [1.29, 1.82) is 0 Å². The Labute approximate surface area is 116 Å². The minimum absolute atomic E-state index is 0.0908. The lowest BCUT2D eigenvalue weighted by molar-refractivity contribution is 0.148. The van der Waals surface area contributed by atoms with E-state index in [0.29, 0.717) is 12.6 Å². The van der Waals surface area contributed by atoms with Crippen LogP contribution in [0.5, 0.6) is 0 Å². The number of carbonyl (C=O) groups excluding carboxylic acids is 1. The first kappa shape index (κ1) is 13.9. The van der Waals surface area contributed by atoms with Crippen molar-refractivity contribution in [3.05, 3.63) is 35.4 Å². The van der Waals surface area contributed by atoms with E-state index in [0.717, 1.165) is 25.8 Å². The maximum absolute atomic E-state index is 12.2. The molecule has 1 N–H and O–H groups in total. The molecule has 0 aliphatic carbocycles. The van der Waals surface area contributed by atoms with Crippen LogP contribution >= 0.6 is 0 Å². The Morgan fingerprint density at radius 1 is 1.42 bits per heavy atom. The summed E-state index contributed by atoms with van der Waals surface area (Å²) in [7, 11) is 0. The minimum Gasteiger partial charge on any atom is -0.334 e. The number of nitrogens with zero attached hydrogens (tertiary/aromatic N) is 1. The molecule has 0 saturated carbocycles. The SMILES string of the molecule is CCC1CCCCN1C(=O)NCc1cccc(C)c1. The topological polar surface area (TPSA) is 32.3 Å². The van der Waals surface area contributed by atoms with Crippen molar-refractivity contribution in [2.75, 3.05) is 6.54 Å². The van der Waals surface area contributed by atoms with Gasteiger partial charge in [0.15, 0.2) is 0 Å². The molecule has 1 aromatic rings. The number of rotatable bonds is 3. The van der Waals surface area contributed by atoms with Gasteiger partial charge >= 0.3 is 6.03 Å². The van der Waals surface area contributed by atoms with Crippen LogP contribution in [-0.2, 0) is 6.54 Å². The fraction of sp³-hybridized carbons (Fsp3) is 0.562. The molecule has 0 radical (unpaired) electrons. The van der Waals surface area contributed by atoms with Gasteiger partial charge in [-0.25, -0.2) is 4.79 Å². The number of nitrogens with one attached hydrogen (secondary N) is 1. The number of hydrogen-bond acceptors (Lipinski definition) is 1. The highest BCUT2D eigenvalue weighted by molar-refractivity contribution is 5.74. The van der Waals surface area contributed by atoms with Crippen LogP contribution in [0.25, 0.3) is 0 Å². The zero-order valence-corrected chi connectivity index (χ0v) is 12.0. The van der Waals surface area contributed by atoms with Crippen molar-refractivity contribution >= 4 is 6.03 Å². The number of hydrogen-bond donors (Lipinski definition) is 1. The first-order chi connectivity index (χ1) is 9.20. The molecule has 3 heteroatoms. The number of likely N-dealkylation sites (tertiary alicyclic amines) is 1. The summed E-state index contributed by atoms with van der Waals surface area (Å²) in [6.07, 6.45) is 4.58. The van der Waals surface area contributed by atoms with E-state index in [2.05, 4.69) is 37.4 Å². The number of aryl methyl sites for hydroxylation is 1. The zero-order chi connectivity index (χ0) is 13.7. The average molecular weight is 260 g/mol. The van der Waals surface area contributed by atoms with Gasteiger partial charge in [-0.15, -0.1) is 0 Å². The van der Waals surface area contributed by atoms with Crippen LogP contribution in [-0.4, -0.2) is 23.5 Å². The quantitative estimate of drug-likeness (QED) is 0.886. The predicted octanol–water partition coefficient (Wildman–Crippen LogP) is 3.47. The third-order valence-electron chi connectivity index (χ3n) is 3.89. The Balaban J connectivity index is 1.89. The number of carbonyl (C=O) groups is 1. The molecule has 1 heterocycles. The minimum atomic E-state index is 0.0908. The molecule has 2 amide bonds. The maximum atomic E-state index is 12.2. The van der Waals surface area contributed by atoms with E-state index in [9.17, 15) is 4.79 Å². The Morgan fingerprint density at radius 3 is 3.00 bits per heavy atom. The maximum Gasteiger partial charge on any atom is 0.317 e. The molecule has 1 aromatic carbocycles. The summed E-state index contributed by atoms with van der Waals surface area (Å²) in [5, 5.41) is 3.05. The lowest BCUT2D eigenvalue weighted by Crippen LogP contribution is -2.48. The summed E-state index contributed by atoms with van der Waals surface area (Å²) in [6, 6.07) is 8.80. The van der Waals surface area contributed by atoms with Gasteiger partial charge in [-0.05, 0) is 38.2 Å². The summed E-state index contributed by atoms with van der Waals surface area (Å²) in [6.45, 7) is 5.76. The van der Waals surface area contributed by atoms with E-state index in [1.165, 1.54) is 17.5 Å². The fourth-order valence-corrected chi connectivity index (χ4v) is 2.79. The van der Waals surface area contributed by atoms with Gasteiger partial charge in [0.05, 0.1) is 0 Å². The van der Waals surface area contributed by atoms with Crippen LogP contribution in [0.15, 0.2) is 24.3 Å². The molecule has 0 aromatic heterocycles. The molecule has 1 aliphatic heterocycles. The highest BCUT2D eigenvalue weighted by atomic mass is 16.2. The third-order valence-corrected chi connectivity index (χ3v) is 3.89. The van der Waals surface area contributed by atoms with Crippen molar-refractivity contribution in [2.24, 2.45) is 0 Å². The molecule has 0 spiro atoms. The molecule has 1 aliphatic rings. The fourth-order valence-electron chi connectivity index (χ4n) is 2.79. The molecular formula is C16H24N2O. The first-order valence-electron chi connectivity index (χ1n) is 7.30. The van der Waals surface area contributed by atoms with Crippen LogP contribution in [0.1, 0.15) is 43.7 Å². The molecule has 1 saturated heterocycles. The van der Waals surface area contributed by atoms with Gasteiger partial charge in [0.25, 0.3) is 0 Å². The second kappa shape index (κ2) is 6.60. The van der Waals surface area contributed by atoms with Gasteiger partial charge in [-0.3, -0.25) is 0 Å². The third kappa shape index (κ3) is 3.72. The van der Waals surface area contributed by atoms with E-state index in [1.807, 2.05) is 11.0 Å². The summed E-state index contributed by atoms with van der Waals surface area (Å²) >= 11 is 0. The standard InChI is InChI=1S/C16H24N2O/c1-3-15-9-4-5-10-18(15)16(19)17-12-14-8-6-7-13(2)11-14/h6-8,11,15H,3-5,9-10,12H2,1-2H3,(H,17,19). The second-order valence-corrected chi connectivity index (χ2v) is 5.40. The smallest absolute Gasteiger partial charge is 0.317 e. The van der Waals surface area contributed by atoms with Crippen molar-refractivity contribution < 1.29 is 4.79 Å². The average Bonchev–Trinajstić information content (AvgIpc) is 2.45. The molecule has 1 fully saturated rings. The van der Waals surface area contributed by atoms with Gasteiger partial charge in [0, 0.05) is 19.1 Å². The lowest BCUT2D eigenvalue weighted by Gasteiger charge is -2.35. The van der Waals surface area contributed by atoms with Crippen LogP contribution in [0.4, 0.5) is 4.79 Å². The summed E-state index contributed by atoms with van der Waals surface area (Å²) in [5.74, 6) is 0. The molecular weight excluding hydrogens is 236 g/mol. The van der Waals surface area contributed by atoms with E-state index in [-0.39, 0.29) is 6.03 Å². The van der Waals surface area contributed by atoms with Crippen LogP contribution in [0, 0.1) is 6.92 Å². The normalized spacial score (nSPS) is 19.3. The zero-order valence-electron chi connectivity index (χ0n) is 12.0. The lowest BCUT2D eigenvalue weighted by atomic mass is 10.0.